The van der Waals surface area contributed by atoms with Gasteiger partial charge in [-0.05, 0) is 53.6 Å². The third kappa shape index (κ3) is 6.10. The van der Waals surface area contributed by atoms with Crippen molar-refractivity contribution in [1.29, 1.82) is 0 Å². The monoisotopic (exact) mass is 440 g/mol. The maximum absolute atomic E-state index is 12.6. The molecule has 4 nitrogen and oxygen atoms in total. The summed E-state index contributed by atoms with van der Waals surface area (Å²) in [7, 11) is 0. The van der Waals surface area contributed by atoms with Gasteiger partial charge in [-0.3, -0.25) is 0 Å². The van der Waals surface area contributed by atoms with Crippen LogP contribution < -0.4 is 4.74 Å². The van der Waals surface area contributed by atoms with E-state index in [2.05, 4.69) is 10.1 Å². The van der Waals surface area contributed by atoms with Gasteiger partial charge in [0.05, 0.1) is 11.8 Å². The van der Waals surface area contributed by atoms with Gasteiger partial charge in [0.25, 0.3) is 0 Å². The molecular weight excluding hydrogens is 428 g/mol. The van der Waals surface area contributed by atoms with Gasteiger partial charge < -0.3 is 9.57 Å². The number of oxime groups is 1. The molecule has 0 unspecified atom stereocenters. The summed E-state index contributed by atoms with van der Waals surface area (Å²) in [6.07, 6.45) is -2.34. The summed E-state index contributed by atoms with van der Waals surface area (Å²) in [6, 6.07) is 14.6. The van der Waals surface area contributed by atoms with Crippen LogP contribution in [0.2, 0.25) is 10.0 Å². The van der Waals surface area contributed by atoms with Gasteiger partial charge in [0.2, 0.25) is 5.88 Å². The fourth-order valence-corrected chi connectivity index (χ4v) is 2.51. The molecule has 0 radical (unpaired) electrons. The summed E-state index contributed by atoms with van der Waals surface area (Å²) >= 11 is 11.6. The Morgan fingerprint density at radius 2 is 1.69 bits per heavy atom. The zero-order valence-corrected chi connectivity index (χ0v) is 16.2. The minimum absolute atomic E-state index is 0.118. The van der Waals surface area contributed by atoms with Crippen molar-refractivity contribution in [1.82, 2.24) is 4.98 Å². The van der Waals surface area contributed by atoms with Crippen LogP contribution in [-0.4, -0.2) is 11.2 Å². The first-order valence-corrected chi connectivity index (χ1v) is 8.97. The van der Waals surface area contributed by atoms with Gasteiger partial charge in [0.1, 0.15) is 17.4 Å². The molecule has 0 aliphatic heterocycles. The molecule has 0 spiro atoms. The number of pyridine rings is 1. The molecule has 3 rings (SSSR count). The molecule has 0 aliphatic rings. The van der Waals surface area contributed by atoms with E-state index in [1.54, 1.807) is 36.4 Å². The zero-order chi connectivity index (χ0) is 20.9. The van der Waals surface area contributed by atoms with Crippen molar-refractivity contribution in [2.24, 2.45) is 5.16 Å². The van der Waals surface area contributed by atoms with Crippen LogP contribution in [0.25, 0.3) is 0 Å². The average molecular weight is 441 g/mol. The molecule has 2 aromatic carbocycles. The fourth-order valence-electron chi connectivity index (χ4n) is 2.18. The number of rotatable bonds is 6. The summed E-state index contributed by atoms with van der Waals surface area (Å²) in [6.45, 7) is 0.299. The van der Waals surface area contributed by atoms with Gasteiger partial charge in [0, 0.05) is 11.2 Å². The standard InChI is InChI=1S/C20H13Cl2F3N2O2/c21-16-5-1-14(2-6-16)12-28-27-10-13-3-7-17(8-4-13)29-19-18(22)9-15(11-26-19)20(23,24)25/h1-11H,12H2. The van der Waals surface area contributed by atoms with Crippen molar-refractivity contribution in [2.45, 2.75) is 12.8 Å². The first kappa shape index (κ1) is 21.0. The fraction of sp³-hybridized carbons (Fsp3) is 0.100. The van der Waals surface area contributed by atoms with Gasteiger partial charge in [-0.2, -0.15) is 13.2 Å². The van der Waals surface area contributed by atoms with Crippen LogP contribution in [0.15, 0.2) is 65.9 Å². The molecule has 3 aromatic rings. The van der Waals surface area contributed by atoms with E-state index in [1.807, 2.05) is 12.1 Å². The van der Waals surface area contributed by atoms with E-state index < -0.39 is 11.7 Å². The van der Waals surface area contributed by atoms with E-state index >= 15 is 0 Å². The summed E-state index contributed by atoms with van der Waals surface area (Å²) in [5.41, 5.74) is 0.719. The molecule has 1 heterocycles. The number of halogens is 5. The lowest BCUT2D eigenvalue weighted by Crippen LogP contribution is -2.05. The predicted molar refractivity (Wildman–Crippen MR) is 105 cm³/mol. The van der Waals surface area contributed by atoms with Gasteiger partial charge in [-0.15, -0.1) is 0 Å². The number of ether oxygens (including phenoxy) is 1. The Morgan fingerprint density at radius 3 is 2.31 bits per heavy atom. The van der Waals surface area contributed by atoms with E-state index in [9.17, 15) is 13.2 Å². The molecule has 0 saturated carbocycles. The Hall–Kier alpha value is -2.77. The second-order valence-corrected chi connectivity index (χ2v) is 6.66. The maximum Gasteiger partial charge on any atom is 0.417 e. The summed E-state index contributed by atoms with van der Waals surface area (Å²) < 4.78 is 43.4. The number of hydrogen-bond donors (Lipinski definition) is 0. The minimum Gasteiger partial charge on any atom is -0.438 e. The molecule has 0 aliphatic carbocycles. The molecule has 150 valence electrons. The molecular formula is C20H13Cl2F3N2O2. The molecule has 0 atom stereocenters. The number of hydrogen-bond acceptors (Lipinski definition) is 4. The van der Waals surface area contributed by atoms with Crippen molar-refractivity contribution < 1.29 is 22.7 Å². The Kier molecular flexibility index (Phi) is 6.61. The number of benzene rings is 2. The highest BCUT2D eigenvalue weighted by molar-refractivity contribution is 6.32. The van der Waals surface area contributed by atoms with Crippen LogP contribution in [0.1, 0.15) is 16.7 Å². The van der Waals surface area contributed by atoms with Crippen LogP contribution in [0.3, 0.4) is 0 Å². The van der Waals surface area contributed by atoms with Crippen molar-refractivity contribution in [2.75, 3.05) is 0 Å². The van der Waals surface area contributed by atoms with Gasteiger partial charge in [-0.1, -0.05) is 40.5 Å². The third-order valence-electron chi connectivity index (χ3n) is 3.65. The van der Waals surface area contributed by atoms with Gasteiger partial charge >= 0.3 is 6.18 Å². The Morgan fingerprint density at radius 1 is 1.00 bits per heavy atom. The normalized spacial score (nSPS) is 11.6. The molecule has 0 saturated heterocycles. The van der Waals surface area contributed by atoms with Crippen LogP contribution in [0, 0.1) is 0 Å². The van der Waals surface area contributed by atoms with E-state index in [4.69, 9.17) is 32.8 Å². The summed E-state index contributed by atoms with van der Waals surface area (Å²) in [5, 5.41) is 4.29. The number of alkyl halides is 3. The van der Waals surface area contributed by atoms with Gasteiger partial charge in [0.15, 0.2) is 0 Å². The van der Waals surface area contributed by atoms with E-state index in [1.165, 1.54) is 6.21 Å². The first-order valence-electron chi connectivity index (χ1n) is 8.22. The average Bonchev–Trinajstić information content (AvgIpc) is 2.68. The lowest BCUT2D eigenvalue weighted by Gasteiger charge is -2.10. The Labute approximate surface area is 174 Å². The topological polar surface area (TPSA) is 43.7 Å². The predicted octanol–water partition coefficient (Wildman–Crippen LogP) is 6.75. The van der Waals surface area contributed by atoms with Gasteiger partial charge in [-0.25, -0.2) is 4.98 Å². The van der Waals surface area contributed by atoms with Crippen LogP contribution in [0.4, 0.5) is 13.2 Å². The highest BCUT2D eigenvalue weighted by atomic mass is 35.5. The van der Waals surface area contributed by atoms with Crippen molar-refractivity contribution in [3.05, 3.63) is 87.5 Å². The van der Waals surface area contributed by atoms with Crippen LogP contribution >= 0.6 is 23.2 Å². The van der Waals surface area contributed by atoms with Crippen molar-refractivity contribution >= 4 is 29.4 Å². The largest absolute Gasteiger partial charge is 0.438 e. The second-order valence-electron chi connectivity index (χ2n) is 5.81. The van der Waals surface area contributed by atoms with Crippen LogP contribution in [0.5, 0.6) is 11.6 Å². The van der Waals surface area contributed by atoms with E-state index in [0.29, 0.717) is 23.6 Å². The molecule has 0 N–H and O–H groups in total. The van der Waals surface area contributed by atoms with Crippen molar-refractivity contribution in [3.8, 4) is 11.6 Å². The lowest BCUT2D eigenvalue weighted by molar-refractivity contribution is -0.137. The first-order chi connectivity index (χ1) is 13.8. The highest BCUT2D eigenvalue weighted by Gasteiger charge is 2.31. The smallest absolute Gasteiger partial charge is 0.417 e. The number of nitrogens with zero attached hydrogens (tertiary/aromatic N) is 2. The van der Waals surface area contributed by atoms with E-state index in [-0.39, 0.29) is 10.9 Å². The summed E-state index contributed by atoms with van der Waals surface area (Å²) in [5.74, 6) is 0.241. The molecule has 0 fully saturated rings. The third-order valence-corrected chi connectivity index (χ3v) is 4.17. The second kappa shape index (κ2) is 9.15. The Balaban J connectivity index is 1.56. The molecule has 0 amide bonds. The SMILES string of the molecule is FC(F)(F)c1cnc(Oc2ccc(C=NOCc3ccc(Cl)cc3)cc2)c(Cl)c1. The molecule has 29 heavy (non-hydrogen) atoms. The Bertz CT molecular complexity index is 992. The highest BCUT2D eigenvalue weighted by Crippen LogP contribution is 2.34. The number of aromatic nitrogens is 1. The maximum atomic E-state index is 12.6. The quantitative estimate of drug-likeness (QED) is 0.314. The molecule has 0 bridgehead atoms. The zero-order valence-electron chi connectivity index (χ0n) is 14.7. The molecule has 9 heteroatoms. The van der Waals surface area contributed by atoms with Crippen molar-refractivity contribution in [3.63, 3.8) is 0 Å². The summed E-state index contributed by atoms with van der Waals surface area (Å²) in [4.78, 5) is 8.85. The molecule has 1 aromatic heterocycles. The van der Waals surface area contributed by atoms with Crippen LogP contribution in [-0.2, 0) is 17.6 Å². The van der Waals surface area contributed by atoms with E-state index in [0.717, 1.165) is 17.2 Å². The minimum atomic E-state index is -4.52. The lowest BCUT2D eigenvalue weighted by atomic mass is 10.2.